The average molecular weight is 442 g/mol. The minimum atomic E-state index is -0.647. The lowest BCUT2D eigenvalue weighted by Gasteiger charge is -2.17. The fourth-order valence-electron chi connectivity index (χ4n) is 3.29. The minimum Gasteiger partial charge on any atom is -0.456 e. The van der Waals surface area contributed by atoms with Crippen LogP contribution in [0.4, 0.5) is 11.4 Å². The topological polar surface area (TPSA) is 107 Å². The molecule has 1 N–H and O–H groups in total. The first-order valence-corrected chi connectivity index (χ1v) is 10.9. The normalized spacial score (nSPS) is 13.4. The molecule has 4 rings (SSSR count). The Labute approximate surface area is 182 Å². The second kappa shape index (κ2) is 9.61. The molecule has 2 aromatic heterocycles. The van der Waals surface area contributed by atoms with Gasteiger partial charge in [0.2, 0.25) is 0 Å². The van der Waals surface area contributed by atoms with Crippen molar-refractivity contribution in [2.45, 2.75) is 25.8 Å². The predicted molar refractivity (Wildman–Crippen MR) is 116 cm³/mol. The summed E-state index contributed by atoms with van der Waals surface area (Å²) < 4.78 is 11.1. The summed E-state index contributed by atoms with van der Waals surface area (Å²) >= 11 is 1.39. The van der Waals surface area contributed by atoms with Gasteiger partial charge in [0.15, 0.2) is 6.61 Å². The van der Waals surface area contributed by atoms with E-state index < -0.39 is 24.2 Å². The van der Waals surface area contributed by atoms with E-state index >= 15 is 0 Å². The van der Waals surface area contributed by atoms with Crippen molar-refractivity contribution in [1.29, 1.82) is 0 Å². The third-order valence-electron chi connectivity index (χ3n) is 4.85. The number of hydrogen-bond acceptors (Lipinski definition) is 8. The van der Waals surface area contributed by atoms with Crippen LogP contribution in [0.25, 0.3) is 10.8 Å². The van der Waals surface area contributed by atoms with Gasteiger partial charge in [0, 0.05) is 24.5 Å². The number of anilines is 2. The Morgan fingerprint density at radius 3 is 2.65 bits per heavy atom. The fraction of sp³-hybridized carbons (Fsp3) is 0.333. The highest BCUT2D eigenvalue weighted by Gasteiger charge is 2.15. The Bertz CT molecular complexity index is 1080. The Balaban J connectivity index is 1.21. The highest BCUT2D eigenvalue weighted by Crippen LogP contribution is 2.22. The lowest BCUT2D eigenvalue weighted by molar-refractivity contribution is -0.147. The number of carbonyl (C=O) groups excluding carboxylic acids is 2. The zero-order chi connectivity index (χ0) is 21.6. The van der Waals surface area contributed by atoms with Gasteiger partial charge in [-0.25, -0.2) is 4.79 Å². The van der Waals surface area contributed by atoms with Crippen molar-refractivity contribution in [2.75, 3.05) is 29.9 Å². The summed E-state index contributed by atoms with van der Waals surface area (Å²) in [6.45, 7) is 1.71. The first kappa shape index (κ1) is 20.9. The SMILES string of the molecule is O=C(COC(=O)CCn1nc(-c2cccs2)oc1=O)Nc1ccc(N2CCCC2)cc1. The Morgan fingerprint density at radius 1 is 1.16 bits per heavy atom. The van der Waals surface area contributed by atoms with Gasteiger partial charge in [-0.3, -0.25) is 9.59 Å². The summed E-state index contributed by atoms with van der Waals surface area (Å²) in [5.41, 5.74) is 1.77. The summed E-state index contributed by atoms with van der Waals surface area (Å²) in [6.07, 6.45) is 2.30. The van der Waals surface area contributed by atoms with Crippen LogP contribution < -0.4 is 16.0 Å². The molecule has 3 aromatic rings. The molecule has 1 aromatic carbocycles. The van der Waals surface area contributed by atoms with E-state index in [2.05, 4.69) is 15.3 Å². The standard InChI is InChI=1S/C21H22N4O5S/c26-18(22-15-5-7-16(8-6-15)24-10-1-2-11-24)14-29-19(27)9-12-25-21(28)30-20(23-25)17-4-3-13-31-17/h3-8,13H,1-2,9-12,14H2,(H,22,26). The van der Waals surface area contributed by atoms with Crippen molar-refractivity contribution in [3.05, 3.63) is 52.3 Å². The summed E-state index contributed by atoms with van der Waals surface area (Å²) in [4.78, 5) is 38.8. The molecule has 1 saturated heterocycles. The maximum atomic E-state index is 12.0. The zero-order valence-electron chi connectivity index (χ0n) is 16.8. The monoisotopic (exact) mass is 442 g/mol. The van der Waals surface area contributed by atoms with Gasteiger partial charge < -0.3 is 19.4 Å². The van der Waals surface area contributed by atoms with Gasteiger partial charge in [0.1, 0.15) is 0 Å². The molecule has 0 aliphatic carbocycles. The molecule has 1 aliphatic heterocycles. The lowest BCUT2D eigenvalue weighted by Crippen LogP contribution is -2.23. The van der Waals surface area contributed by atoms with Crippen molar-refractivity contribution in [1.82, 2.24) is 9.78 Å². The highest BCUT2D eigenvalue weighted by molar-refractivity contribution is 7.13. The van der Waals surface area contributed by atoms with Crippen LogP contribution in [0, 0.1) is 0 Å². The third-order valence-corrected chi connectivity index (χ3v) is 5.71. The number of ether oxygens (including phenoxy) is 1. The van der Waals surface area contributed by atoms with E-state index in [1.807, 2.05) is 35.7 Å². The Hall–Kier alpha value is -3.40. The molecule has 10 heteroatoms. The first-order chi connectivity index (χ1) is 15.1. The van der Waals surface area contributed by atoms with E-state index in [0.29, 0.717) is 5.69 Å². The predicted octanol–water partition coefficient (Wildman–Crippen LogP) is 2.74. The summed E-state index contributed by atoms with van der Waals surface area (Å²) in [5.74, 6) is -1.47. The largest absolute Gasteiger partial charge is 0.456 e. The van der Waals surface area contributed by atoms with Gasteiger partial charge in [0.05, 0.1) is 17.8 Å². The molecule has 9 nitrogen and oxygen atoms in total. The van der Waals surface area contributed by atoms with Crippen LogP contribution in [0.15, 0.2) is 51.0 Å². The van der Waals surface area contributed by atoms with Gasteiger partial charge in [-0.05, 0) is 48.6 Å². The molecule has 1 amide bonds. The van der Waals surface area contributed by atoms with Crippen LogP contribution >= 0.6 is 11.3 Å². The number of aromatic nitrogens is 2. The number of nitrogens with zero attached hydrogens (tertiary/aromatic N) is 3. The van der Waals surface area contributed by atoms with E-state index in [-0.39, 0.29) is 18.9 Å². The van der Waals surface area contributed by atoms with Crippen LogP contribution in [0.2, 0.25) is 0 Å². The fourth-order valence-corrected chi connectivity index (χ4v) is 3.93. The number of thiophene rings is 1. The molecule has 0 spiro atoms. The van der Waals surface area contributed by atoms with Crippen molar-refractivity contribution in [2.24, 2.45) is 0 Å². The maximum Gasteiger partial charge on any atom is 0.437 e. The molecule has 0 radical (unpaired) electrons. The number of aryl methyl sites for hydroxylation is 1. The van der Waals surface area contributed by atoms with Crippen LogP contribution in [0.1, 0.15) is 19.3 Å². The molecule has 1 fully saturated rings. The number of carbonyl (C=O) groups is 2. The molecule has 0 bridgehead atoms. The molecule has 0 unspecified atom stereocenters. The van der Waals surface area contributed by atoms with Crippen LogP contribution in [-0.4, -0.2) is 41.4 Å². The molecule has 31 heavy (non-hydrogen) atoms. The first-order valence-electron chi connectivity index (χ1n) is 10.0. The van der Waals surface area contributed by atoms with Gasteiger partial charge in [-0.15, -0.1) is 16.4 Å². The van der Waals surface area contributed by atoms with E-state index in [1.165, 1.54) is 24.2 Å². The van der Waals surface area contributed by atoms with Gasteiger partial charge in [0.25, 0.3) is 11.8 Å². The van der Waals surface area contributed by atoms with E-state index in [0.717, 1.165) is 28.3 Å². The van der Waals surface area contributed by atoms with E-state index in [1.54, 1.807) is 6.07 Å². The minimum absolute atomic E-state index is 0.00607. The number of esters is 1. The van der Waals surface area contributed by atoms with Crippen molar-refractivity contribution >= 4 is 34.6 Å². The number of nitrogens with one attached hydrogen (secondary N) is 1. The molecular weight excluding hydrogens is 420 g/mol. The van der Waals surface area contributed by atoms with Crippen molar-refractivity contribution in [3.8, 4) is 10.8 Å². The molecular formula is C21H22N4O5S. The average Bonchev–Trinajstić information content (AvgIpc) is 3.53. The second-order valence-electron chi connectivity index (χ2n) is 7.07. The molecule has 1 aliphatic rings. The summed E-state index contributed by atoms with van der Waals surface area (Å²) in [5, 5.41) is 8.62. The third kappa shape index (κ3) is 5.40. The Morgan fingerprint density at radius 2 is 1.94 bits per heavy atom. The van der Waals surface area contributed by atoms with Gasteiger partial charge in [-0.1, -0.05) is 6.07 Å². The van der Waals surface area contributed by atoms with Crippen LogP contribution in [-0.2, 0) is 20.9 Å². The summed E-state index contributed by atoms with van der Waals surface area (Å²) in [7, 11) is 0. The highest BCUT2D eigenvalue weighted by atomic mass is 32.1. The molecule has 0 atom stereocenters. The lowest BCUT2D eigenvalue weighted by atomic mass is 10.2. The van der Waals surface area contributed by atoms with Gasteiger partial charge in [-0.2, -0.15) is 4.68 Å². The quantitative estimate of drug-likeness (QED) is 0.535. The smallest absolute Gasteiger partial charge is 0.437 e. The van der Waals surface area contributed by atoms with Crippen molar-refractivity contribution in [3.63, 3.8) is 0 Å². The van der Waals surface area contributed by atoms with E-state index in [9.17, 15) is 14.4 Å². The number of rotatable bonds is 8. The zero-order valence-corrected chi connectivity index (χ0v) is 17.6. The van der Waals surface area contributed by atoms with Crippen LogP contribution in [0.5, 0.6) is 0 Å². The molecule has 3 heterocycles. The number of amides is 1. The summed E-state index contributed by atoms with van der Waals surface area (Å²) in [6, 6.07) is 11.2. The van der Waals surface area contributed by atoms with Gasteiger partial charge >= 0.3 is 11.7 Å². The van der Waals surface area contributed by atoms with Crippen LogP contribution in [0.3, 0.4) is 0 Å². The Kier molecular flexibility index (Phi) is 6.46. The molecule has 0 saturated carbocycles. The number of benzene rings is 1. The van der Waals surface area contributed by atoms with E-state index in [4.69, 9.17) is 9.15 Å². The number of hydrogen-bond donors (Lipinski definition) is 1. The maximum absolute atomic E-state index is 12.0. The molecule has 162 valence electrons. The van der Waals surface area contributed by atoms with Crippen molar-refractivity contribution < 1.29 is 18.7 Å². The second-order valence-corrected chi connectivity index (χ2v) is 8.02.